The zero-order chi connectivity index (χ0) is 19.2. The normalized spacial score (nSPS) is 11.8. The lowest BCUT2D eigenvalue weighted by Crippen LogP contribution is -2.15. The summed E-state index contributed by atoms with van der Waals surface area (Å²) in [6, 6.07) is 5.03. The average molecular weight is 411 g/mol. The van der Waals surface area contributed by atoms with Gasteiger partial charge in [-0.15, -0.1) is 11.3 Å². The molecule has 0 atom stereocenters. The minimum Gasteiger partial charge on any atom is -0.356 e. The molecule has 0 saturated heterocycles. The number of nitrogens with one attached hydrogen (secondary N) is 1. The Labute approximate surface area is 162 Å². The fourth-order valence-corrected chi connectivity index (χ4v) is 6.05. The summed E-state index contributed by atoms with van der Waals surface area (Å²) in [6.45, 7) is 9.20. The molecule has 0 unspecified atom stereocenters. The second kappa shape index (κ2) is 6.72. The molecule has 3 aromatic rings. The van der Waals surface area contributed by atoms with E-state index >= 15 is 0 Å². The third kappa shape index (κ3) is 3.26. The third-order valence-electron chi connectivity index (χ3n) is 4.29. The van der Waals surface area contributed by atoms with Gasteiger partial charge in [-0.05, 0) is 58.4 Å². The molecule has 8 heteroatoms. The number of aryl methyl sites for hydroxylation is 4. The number of benzene rings is 1. The molecule has 0 aliphatic heterocycles. The molecule has 0 spiro atoms. The molecule has 0 aliphatic carbocycles. The summed E-state index contributed by atoms with van der Waals surface area (Å²) in [5, 5.41) is 4.53. The van der Waals surface area contributed by atoms with Gasteiger partial charge < -0.3 is 4.52 Å². The third-order valence-corrected chi connectivity index (χ3v) is 7.21. The van der Waals surface area contributed by atoms with Crippen molar-refractivity contribution in [3.05, 3.63) is 49.8 Å². The van der Waals surface area contributed by atoms with E-state index in [0.29, 0.717) is 26.9 Å². The Morgan fingerprint density at radius 2 is 1.81 bits per heavy atom. The van der Waals surface area contributed by atoms with Crippen molar-refractivity contribution in [2.75, 3.05) is 4.72 Å². The number of nitrogens with zero attached hydrogens (tertiary/aromatic N) is 1. The smallest absolute Gasteiger partial charge is 0.263 e. The minimum atomic E-state index is -3.82. The van der Waals surface area contributed by atoms with Gasteiger partial charge in [0.05, 0.1) is 16.9 Å². The maximum absolute atomic E-state index is 13.2. The second-order valence-corrected chi connectivity index (χ2v) is 9.69. The Morgan fingerprint density at radius 1 is 1.12 bits per heavy atom. The van der Waals surface area contributed by atoms with Gasteiger partial charge in [-0.3, -0.25) is 4.72 Å². The summed E-state index contributed by atoms with van der Waals surface area (Å²) in [7, 11) is -3.82. The highest BCUT2D eigenvalue weighted by molar-refractivity contribution is 7.93. The van der Waals surface area contributed by atoms with E-state index in [2.05, 4.69) is 9.88 Å². The highest BCUT2D eigenvalue weighted by Crippen LogP contribution is 2.41. The van der Waals surface area contributed by atoms with E-state index in [9.17, 15) is 8.42 Å². The van der Waals surface area contributed by atoms with E-state index in [0.717, 1.165) is 21.7 Å². The number of anilines is 1. The van der Waals surface area contributed by atoms with Crippen molar-refractivity contribution in [2.24, 2.45) is 0 Å². The van der Waals surface area contributed by atoms with Gasteiger partial charge in [-0.25, -0.2) is 8.42 Å². The van der Waals surface area contributed by atoms with Crippen LogP contribution < -0.4 is 4.72 Å². The first kappa shape index (κ1) is 18.9. The minimum absolute atomic E-state index is 0.230. The van der Waals surface area contributed by atoms with Crippen molar-refractivity contribution in [3.8, 4) is 11.3 Å². The molecule has 1 N–H and O–H groups in total. The standard InChI is InChI=1S/C18H19ClN2O3S2/c1-9-8-14(19)6-7-15(9)21-26(22,23)18-13(5)25-12(4)16(18)17-10(2)11(3)20-24-17/h6-8,21H,1-5H3. The summed E-state index contributed by atoms with van der Waals surface area (Å²) in [6.07, 6.45) is 0. The van der Waals surface area contributed by atoms with Crippen molar-refractivity contribution in [3.63, 3.8) is 0 Å². The van der Waals surface area contributed by atoms with E-state index in [4.69, 9.17) is 16.1 Å². The molecule has 0 amide bonds. The highest BCUT2D eigenvalue weighted by Gasteiger charge is 2.30. The number of sulfonamides is 1. The molecule has 2 heterocycles. The summed E-state index contributed by atoms with van der Waals surface area (Å²) in [5.41, 5.74) is 3.40. The molecule has 138 valence electrons. The van der Waals surface area contributed by atoms with E-state index in [1.54, 1.807) is 32.0 Å². The van der Waals surface area contributed by atoms with Gasteiger partial charge >= 0.3 is 0 Å². The highest BCUT2D eigenvalue weighted by atomic mass is 35.5. The van der Waals surface area contributed by atoms with Gasteiger partial charge in [0.2, 0.25) is 0 Å². The fourth-order valence-electron chi connectivity index (χ4n) is 2.84. The summed E-state index contributed by atoms with van der Waals surface area (Å²) < 4.78 is 34.5. The van der Waals surface area contributed by atoms with Gasteiger partial charge in [0.15, 0.2) is 5.76 Å². The van der Waals surface area contributed by atoms with Crippen LogP contribution in [-0.2, 0) is 10.0 Å². The largest absolute Gasteiger partial charge is 0.356 e. The lowest BCUT2D eigenvalue weighted by atomic mass is 10.1. The van der Waals surface area contributed by atoms with Gasteiger partial charge in [0.25, 0.3) is 10.0 Å². The molecule has 0 radical (unpaired) electrons. The first-order chi connectivity index (χ1) is 12.1. The number of aromatic nitrogens is 1. The van der Waals surface area contributed by atoms with E-state index in [1.807, 2.05) is 20.8 Å². The molecule has 0 bridgehead atoms. The van der Waals surface area contributed by atoms with Crippen molar-refractivity contribution in [1.82, 2.24) is 5.16 Å². The molecule has 26 heavy (non-hydrogen) atoms. The van der Waals surface area contributed by atoms with E-state index in [1.165, 1.54) is 11.3 Å². The van der Waals surface area contributed by atoms with Gasteiger partial charge in [0.1, 0.15) is 4.90 Å². The Hall–Kier alpha value is -1.83. The van der Waals surface area contributed by atoms with Gasteiger partial charge in [-0.2, -0.15) is 0 Å². The van der Waals surface area contributed by atoms with Crippen LogP contribution in [0, 0.1) is 34.6 Å². The lowest BCUT2D eigenvalue weighted by Gasteiger charge is -2.12. The monoisotopic (exact) mass is 410 g/mol. The zero-order valence-corrected chi connectivity index (χ0v) is 17.5. The van der Waals surface area contributed by atoms with Crippen LogP contribution in [0.5, 0.6) is 0 Å². The number of thiophene rings is 1. The van der Waals surface area contributed by atoms with Gasteiger partial charge in [0, 0.05) is 20.3 Å². The van der Waals surface area contributed by atoms with Crippen molar-refractivity contribution < 1.29 is 12.9 Å². The van der Waals surface area contributed by atoms with Crippen molar-refractivity contribution in [1.29, 1.82) is 0 Å². The first-order valence-corrected chi connectivity index (χ1v) is 10.6. The molecule has 2 aromatic heterocycles. The van der Waals surface area contributed by atoms with Crippen LogP contribution >= 0.6 is 22.9 Å². The molecule has 3 rings (SSSR count). The van der Waals surface area contributed by atoms with Crippen LogP contribution in [0.15, 0.2) is 27.6 Å². The zero-order valence-electron chi connectivity index (χ0n) is 15.1. The fraction of sp³-hybridized carbons (Fsp3) is 0.278. The number of hydrogen-bond acceptors (Lipinski definition) is 5. The van der Waals surface area contributed by atoms with Crippen LogP contribution in [0.4, 0.5) is 5.69 Å². The van der Waals surface area contributed by atoms with Crippen LogP contribution in [-0.4, -0.2) is 13.6 Å². The van der Waals surface area contributed by atoms with Crippen molar-refractivity contribution in [2.45, 2.75) is 39.5 Å². The average Bonchev–Trinajstić information content (AvgIpc) is 3.02. The Balaban J connectivity index is 2.15. The number of halogens is 1. The molecule has 1 aromatic carbocycles. The topological polar surface area (TPSA) is 72.2 Å². The first-order valence-electron chi connectivity index (χ1n) is 7.94. The van der Waals surface area contributed by atoms with Crippen LogP contribution in [0.3, 0.4) is 0 Å². The Kier molecular flexibility index (Phi) is 4.90. The Morgan fingerprint density at radius 3 is 2.38 bits per heavy atom. The van der Waals surface area contributed by atoms with Gasteiger partial charge in [-0.1, -0.05) is 16.8 Å². The second-order valence-electron chi connectivity index (χ2n) is 6.21. The number of rotatable bonds is 4. The predicted molar refractivity (Wildman–Crippen MR) is 106 cm³/mol. The summed E-state index contributed by atoms with van der Waals surface area (Å²) >= 11 is 7.39. The molecular weight excluding hydrogens is 392 g/mol. The predicted octanol–water partition coefficient (Wildman–Crippen LogP) is 5.40. The quantitative estimate of drug-likeness (QED) is 0.625. The maximum atomic E-state index is 13.2. The SMILES string of the molecule is Cc1cc(Cl)ccc1NS(=O)(=O)c1c(C)sc(C)c1-c1onc(C)c1C. The molecule has 0 saturated carbocycles. The van der Waals surface area contributed by atoms with Crippen LogP contribution in [0.1, 0.15) is 26.6 Å². The molecule has 5 nitrogen and oxygen atoms in total. The van der Waals surface area contributed by atoms with Crippen LogP contribution in [0.2, 0.25) is 5.02 Å². The van der Waals surface area contributed by atoms with E-state index < -0.39 is 10.0 Å². The lowest BCUT2D eigenvalue weighted by molar-refractivity contribution is 0.426. The Bertz CT molecular complexity index is 1100. The molecular formula is C18H19ClN2O3S2. The summed E-state index contributed by atoms with van der Waals surface area (Å²) in [5.74, 6) is 0.498. The summed E-state index contributed by atoms with van der Waals surface area (Å²) in [4.78, 5) is 1.80. The van der Waals surface area contributed by atoms with Crippen molar-refractivity contribution >= 4 is 38.6 Å². The molecule has 0 fully saturated rings. The van der Waals surface area contributed by atoms with Crippen LogP contribution in [0.25, 0.3) is 11.3 Å². The van der Waals surface area contributed by atoms with E-state index in [-0.39, 0.29) is 4.90 Å². The number of hydrogen-bond donors (Lipinski definition) is 1. The molecule has 0 aliphatic rings. The maximum Gasteiger partial charge on any atom is 0.263 e.